The van der Waals surface area contributed by atoms with Gasteiger partial charge in [-0.15, -0.1) is 0 Å². The number of carbonyl (C=O) groups is 3. The quantitative estimate of drug-likeness (QED) is 0.454. The summed E-state index contributed by atoms with van der Waals surface area (Å²) in [4.78, 5) is 41.6. The van der Waals surface area contributed by atoms with Crippen LogP contribution in [0.2, 0.25) is 0 Å². The molecule has 3 saturated heterocycles. The average molecular weight is 424 g/mol. The van der Waals surface area contributed by atoms with E-state index in [9.17, 15) is 14.4 Å². The van der Waals surface area contributed by atoms with Gasteiger partial charge in [-0.2, -0.15) is 0 Å². The fourth-order valence-corrected chi connectivity index (χ4v) is 5.66. The van der Waals surface area contributed by atoms with Crippen molar-refractivity contribution in [1.82, 2.24) is 15.5 Å². The summed E-state index contributed by atoms with van der Waals surface area (Å²) < 4.78 is 6.50. The zero-order chi connectivity index (χ0) is 22.1. The number of nitrogens with one attached hydrogen (secondary N) is 2. The molecule has 3 N–H and O–H groups in total. The van der Waals surface area contributed by atoms with Crippen LogP contribution >= 0.6 is 0 Å². The lowest BCUT2D eigenvalue weighted by atomic mass is 9.66. The number of hydrogen-bond donors (Lipinski definition) is 3. The van der Waals surface area contributed by atoms with Crippen LogP contribution in [-0.4, -0.2) is 70.7 Å². The van der Waals surface area contributed by atoms with Crippen LogP contribution in [0.4, 0.5) is 0 Å². The first-order chi connectivity index (χ1) is 14.2. The Kier molecular flexibility index (Phi) is 6.77. The Hall–Kier alpha value is -1.67. The van der Waals surface area contributed by atoms with E-state index < -0.39 is 29.1 Å². The van der Waals surface area contributed by atoms with Crippen molar-refractivity contribution in [2.45, 2.75) is 89.5 Å². The van der Waals surface area contributed by atoms with Crippen LogP contribution in [0.15, 0.2) is 0 Å². The first-order valence-corrected chi connectivity index (χ1v) is 11.4. The van der Waals surface area contributed by atoms with Crippen LogP contribution in [0.1, 0.15) is 66.2 Å². The minimum Gasteiger partial charge on any atom is -0.396 e. The normalized spacial score (nSPS) is 34.5. The van der Waals surface area contributed by atoms with Crippen molar-refractivity contribution >= 4 is 17.7 Å². The van der Waals surface area contributed by atoms with Gasteiger partial charge in [0.25, 0.3) is 0 Å². The minimum absolute atomic E-state index is 0.0582. The number of nitrogens with zero attached hydrogens (tertiary/aromatic N) is 1. The van der Waals surface area contributed by atoms with Crippen LogP contribution in [0, 0.1) is 11.8 Å². The average Bonchev–Trinajstić information content (AvgIpc) is 3.24. The van der Waals surface area contributed by atoms with Gasteiger partial charge in [-0.05, 0) is 59.3 Å². The lowest BCUT2D eigenvalue weighted by Crippen LogP contribution is -2.56. The number of unbranched alkanes of at least 4 members (excludes halogenated alkanes) is 2. The Morgan fingerprint density at radius 2 is 1.97 bits per heavy atom. The van der Waals surface area contributed by atoms with Gasteiger partial charge in [0.05, 0.1) is 17.4 Å². The summed E-state index contributed by atoms with van der Waals surface area (Å²) >= 11 is 0. The third-order valence-electron chi connectivity index (χ3n) is 6.84. The second-order valence-electron chi connectivity index (χ2n) is 9.50. The van der Waals surface area contributed by atoms with Crippen LogP contribution in [0.5, 0.6) is 0 Å². The third kappa shape index (κ3) is 3.73. The molecule has 5 atom stereocenters. The summed E-state index contributed by atoms with van der Waals surface area (Å²) in [5.41, 5.74) is -1.67. The van der Waals surface area contributed by atoms with Crippen molar-refractivity contribution in [2.75, 3.05) is 19.7 Å². The number of rotatable bonds is 10. The van der Waals surface area contributed by atoms with Crippen molar-refractivity contribution in [3.05, 3.63) is 0 Å². The lowest BCUT2D eigenvalue weighted by molar-refractivity contribution is -0.146. The molecule has 0 aromatic carbocycles. The molecule has 8 heteroatoms. The molecule has 3 heterocycles. The number of hydrogen-bond acceptors (Lipinski definition) is 5. The summed E-state index contributed by atoms with van der Waals surface area (Å²) in [5, 5.41) is 15.0. The van der Waals surface area contributed by atoms with E-state index in [-0.39, 0.29) is 30.4 Å². The SMILES string of the molecule is CCCNC(=O)[C@H]1[C@H]2C(=O)N(CCCCCO)C(C(=O)NC(C)C)C23CC[C@]1(C)O3. The minimum atomic E-state index is -0.948. The molecule has 1 spiro atoms. The Labute approximate surface area is 179 Å². The second-order valence-corrected chi connectivity index (χ2v) is 9.50. The number of aliphatic hydroxyl groups excluding tert-OH is 1. The van der Waals surface area contributed by atoms with Crippen molar-refractivity contribution in [3.63, 3.8) is 0 Å². The maximum Gasteiger partial charge on any atom is 0.246 e. The largest absolute Gasteiger partial charge is 0.396 e. The van der Waals surface area contributed by atoms with Crippen molar-refractivity contribution in [2.24, 2.45) is 11.8 Å². The predicted octanol–water partition coefficient (Wildman–Crippen LogP) is 0.965. The highest BCUT2D eigenvalue weighted by Crippen LogP contribution is 2.63. The van der Waals surface area contributed by atoms with Crippen LogP contribution in [-0.2, 0) is 19.1 Å². The van der Waals surface area contributed by atoms with Crippen molar-refractivity contribution < 1.29 is 24.2 Å². The number of aliphatic hydroxyl groups is 1. The lowest BCUT2D eigenvalue weighted by Gasteiger charge is -2.34. The van der Waals surface area contributed by atoms with Gasteiger partial charge >= 0.3 is 0 Å². The van der Waals surface area contributed by atoms with E-state index >= 15 is 0 Å². The molecule has 170 valence electrons. The van der Waals surface area contributed by atoms with E-state index in [2.05, 4.69) is 10.6 Å². The molecule has 2 unspecified atom stereocenters. The van der Waals surface area contributed by atoms with E-state index in [1.807, 2.05) is 27.7 Å². The van der Waals surface area contributed by atoms with Crippen LogP contribution < -0.4 is 10.6 Å². The number of likely N-dealkylation sites (tertiary alicyclic amines) is 1. The Balaban J connectivity index is 1.93. The zero-order valence-corrected chi connectivity index (χ0v) is 18.7. The summed E-state index contributed by atoms with van der Waals surface area (Å²) in [7, 11) is 0. The Morgan fingerprint density at radius 1 is 1.23 bits per heavy atom. The summed E-state index contributed by atoms with van der Waals surface area (Å²) in [5.74, 6) is -1.72. The van der Waals surface area contributed by atoms with E-state index in [1.165, 1.54) is 0 Å². The van der Waals surface area contributed by atoms with Gasteiger partial charge in [0.15, 0.2) is 0 Å². The fourth-order valence-electron chi connectivity index (χ4n) is 5.66. The molecule has 0 aromatic heterocycles. The van der Waals surface area contributed by atoms with Crippen molar-refractivity contribution in [1.29, 1.82) is 0 Å². The number of ether oxygens (including phenoxy) is 1. The van der Waals surface area contributed by atoms with Crippen LogP contribution in [0.25, 0.3) is 0 Å². The molecular formula is C22H37N3O5. The molecule has 0 radical (unpaired) electrons. The first-order valence-electron chi connectivity index (χ1n) is 11.4. The number of amides is 3. The predicted molar refractivity (Wildman–Crippen MR) is 111 cm³/mol. The molecule has 3 amide bonds. The molecule has 3 aliphatic rings. The smallest absolute Gasteiger partial charge is 0.246 e. The molecule has 3 rings (SSSR count). The van der Waals surface area contributed by atoms with E-state index in [4.69, 9.17) is 9.84 Å². The molecular weight excluding hydrogens is 386 g/mol. The van der Waals surface area contributed by atoms with Gasteiger partial charge in [-0.3, -0.25) is 14.4 Å². The molecule has 0 aromatic rings. The highest BCUT2D eigenvalue weighted by Gasteiger charge is 2.77. The van der Waals surface area contributed by atoms with E-state index in [0.29, 0.717) is 38.8 Å². The summed E-state index contributed by atoms with van der Waals surface area (Å²) in [6, 6.07) is -0.783. The molecule has 30 heavy (non-hydrogen) atoms. The third-order valence-corrected chi connectivity index (χ3v) is 6.84. The van der Waals surface area contributed by atoms with Gasteiger partial charge in [0.1, 0.15) is 11.6 Å². The highest BCUT2D eigenvalue weighted by molar-refractivity contribution is 5.99. The van der Waals surface area contributed by atoms with Crippen molar-refractivity contribution in [3.8, 4) is 0 Å². The van der Waals surface area contributed by atoms with Gasteiger partial charge in [0, 0.05) is 25.7 Å². The standard InChI is InChI=1S/C22H37N3O5/c1-5-11-23-18(27)15-16-20(29)25(12-7-6-8-13-26)17(19(28)24-14(2)3)22(16)10-9-21(15,4)30-22/h14-17,26H,5-13H2,1-4H3,(H,23,27)(H,24,28)/t15-,16+,17?,21+,22?/m1/s1. The van der Waals surface area contributed by atoms with E-state index in [0.717, 1.165) is 12.8 Å². The van der Waals surface area contributed by atoms with E-state index in [1.54, 1.807) is 4.90 Å². The Bertz CT molecular complexity index is 684. The topological polar surface area (TPSA) is 108 Å². The molecule has 8 nitrogen and oxygen atoms in total. The van der Waals surface area contributed by atoms with Gasteiger partial charge in [-0.25, -0.2) is 0 Å². The van der Waals surface area contributed by atoms with Gasteiger partial charge in [0.2, 0.25) is 17.7 Å². The first kappa shape index (κ1) is 23.0. The zero-order valence-electron chi connectivity index (χ0n) is 18.7. The molecule has 3 aliphatic heterocycles. The number of fused-ring (bicyclic) bond motifs is 1. The molecule has 2 bridgehead atoms. The fraction of sp³-hybridized carbons (Fsp3) is 0.864. The maximum absolute atomic E-state index is 13.6. The van der Waals surface area contributed by atoms with Gasteiger partial charge < -0.3 is 25.4 Å². The molecule has 0 aliphatic carbocycles. The second kappa shape index (κ2) is 8.83. The summed E-state index contributed by atoms with van der Waals surface area (Å²) in [6.45, 7) is 8.78. The molecule has 3 fully saturated rings. The molecule has 0 saturated carbocycles. The van der Waals surface area contributed by atoms with Gasteiger partial charge in [-0.1, -0.05) is 6.92 Å². The Morgan fingerprint density at radius 3 is 2.60 bits per heavy atom. The highest BCUT2D eigenvalue weighted by atomic mass is 16.5. The summed E-state index contributed by atoms with van der Waals surface area (Å²) in [6.07, 6.45) is 4.21. The number of carbonyl (C=O) groups excluding carboxylic acids is 3. The monoisotopic (exact) mass is 423 g/mol. The maximum atomic E-state index is 13.6. The van der Waals surface area contributed by atoms with Crippen LogP contribution in [0.3, 0.4) is 0 Å².